The van der Waals surface area contributed by atoms with E-state index in [0.29, 0.717) is 18.7 Å². The number of likely N-dealkylation sites (tertiary alicyclic amines) is 1. The van der Waals surface area contributed by atoms with Gasteiger partial charge in [0.1, 0.15) is 6.61 Å². The van der Waals surface area contributed by atoms with Crippen molar-refractivity contribution < 1.29 is 14.3 Å². The van der Waals surface area contributed by atoms with E-state index in [1.165, 1.54) is 5.56 Å². The van der Waals surface area contributed by atoms with Crippen molar-refractivity contribution in [3.8, 4) is 0 Å². The molecular formula is C19H27ClN2O3. The minimum absolute atomic E-state index is 0.0372. The molecule has 0 bridgehead atoms. The van der Waals surface area contributed by atoms with Crippen LogP contribution in [0.2, 0.25) is 0 Å². The third-order valence-electron chi connectivity index (χ3n) is 4.41. The van der Waals surface area contributed by atoms with Crippen molar-refractivity contribution in [1.82, 2.24) is 10.2 Å². The molecule has 0 atom stereocenters. The van der Waals surface area contributed by atoms with E-state index < -0.39 is 6.09 Å². The number of carbonyl (C=O) groups is 2. The lowest BCUT2D eigenvalue weighted by molar-refractivity contribution is 0.0702. The van der Waals surface area contributed by atoms with Gasteiger partial charge >= 0.3 is 6.09 Å². The summed E-state index contributed by atoms with van der Waals surface area (Å²) >= 11 is 5.49. The monoisotopic (exact) mass is 366 g/mol. The molecular weight excluding hydrogens is 340 g/mol. The molecule has 1 aliphatic rings. The maximum absolute atomic E-state index is 12.6. The highest BCUT2D eigenvalue weighted by molar-refractivity contribution is 6.18. The zero-order valence-corrected chi connectivity index (χ0v) is 15.9. The molecule has 0 aromatic heterocycles. The van der Waals surface area contributed by atoms with Gasteiger partial charge < -0.3 is 15.0 Å². The van der Waals surface area contributed by atoms with Crippen molar-refractivity contribution in [2.24, 2.45) is 0 Å². The summed E-state index contributed by atoms with van der Waals surface area (Å²) in [4.78, 5) is 26.0. The molecule has 1 heterocycles. The Morgan fingerprint density at radius 3 is 2.32 bits per heavy atom. The van der Waals surface area contributed by atoms with Crippen LogP contribution >= 0.6 is 11.6 Å². The summed E-state index contributed by atoms with van der Waals surface area (Å²) in [5.41, 5.74) is 1.99. The molecule has 1 saturated heterocycles. The van der Waals surface area contributed by atoms with Crippen molar-refractivity contribution in [1.29, 1.82) is 0 Å². The number of benzene rings is 1. The van der Waals surface area contributed by atoms with Crippen LogP contribution in [0.3, 0.4) is 0 Å². The second-order valence-electron chi connectivity index (χ2n) is 7.36. The van der Waals surface area contributed by atoms with Crippen LogP contribution in [0.1, 0.15) is 49.5 Å². The zero-order valence-electron chi connectivity index (χ0n) is 15.2. The van der Waals surface area contributed by atoms with E-state index in [0.717, 1.165) is 12.8 Å². The highest BCUT2D eigenvalue weighted by atomic mass is 35.5. The van der Waals surface area contributed by atoms with Gasteiger partial charge in [-0.1, -0.05) is 32.9 Å². The number of ether oxygens (including phenoxy) is 1. The molecule has 0 saturated carbocycles. The van der Waals surface area contributed by atoms with Crippen LogP contribution in [0.4, 0.5) is 4.79 Å². The molecule has 2 amide bonds. The number of rotatable bonds is 4. The fourth-order valence-corrected chi connectivity index (χ4v) is 2.94. The second-order valence-corrected chi connectivity index (χ2v) is 7.74. The van der Waals surface area contributed by atoms with Crippen LogP contribution < -0.4 is 5.32 Å². The fourth-order valence-electron chi connectivity index (χ4n) is 2.86. The number of hydrogen-bond donors (Lipinski definition) is 1. The quantitative estimate of drug-likeness (QED) is 0.829. The maximum Gasteiger partial charge on any atom is 0.407 e. The lowest BCUT2D eigenvalue weighted by Gasteiger charge is -2.32. The van der Waals surface area contributed by atoms with Crippen LogP contribution in [-0.2, 0) is 10.2 Å². The van der Waals surface area contributed by atoms with Gasteiger partial charge in [0.05, 0.1) is 5.88 Å². The van der Waals surface area contributed by atoms with E-state index >= 15 is 0 Å². The molecule has 1 N–H and O–H groups in total. The van der Waals surface area contributed by atoms with E-state index in [4.69, 9.17) is 16.3 Å². The summed E-state index contributed by atoms with van der Waals surface area (Å²) in [6, 6.07) is 7.88. The Balaban J connectivity index is 1.86. The molecule has 1 aliphatic heterocycles. The number of alkyl halides is 1. The van der Waals surface area contributed by atoms with Gasteiger partial charge in [0, 0.05) is 24.7 Å². The van der Waals surface area contributed by atoms with Crippen LogP contribution in [0.25, 0.3) is 0 Å². The number of hydrogen-bond acceptors (Lipinski definition) is 3. The Morgan fingerprint density at radius 1 is 1.20 bits per heavy atom. The summed E-state index contributed by atoms with van der Waals surface area (Å²) in [5.74, 6) is 0.331. The van der Waals surface area contributed by atoms with E-state index in [-0.39, 0.29) is 29.9 Å². The van der Waals surface area contributed by atoms with Gasteiger partial charge in [0.2, 0.25) is 0 Å². The Bertz CT molecular complexity index is 588. The summed E-state index contributed by atoms with van der Waals surface area (Å²) in [6.07, 6.45) is 1.01. The van der Waals surface area contributed by atoms with Crippen molar-refractivity contribution in [2.75, 3.05) is 25.6 Å². The Morgan fingerprint density at radius 2 is 1.80 bits per heavy atom. The molecule has 1 fully saturated rings. The van der Waals surface area contributed by atoms with Gasteiger partial charge in [-0.15, -0.1) is 11.6 Å². The van der Waals surface area contributed by atoms with Gasteiger partial charge in [-0.2, -0.15) is 0 Å². The van der Waals surface area contributed by atoms with Crippen LogP contribution in [0, 0.1) is 0 Å². The first-order valence-corrected chi connectivity index (χ1v) is 9.24. The highest BCUT2D eigenvalue weighted by Gasteiger charge is 2.25. The van der Waals surface area contributed by atoms with Crippen LogP contribution in [0.5, 0.6) is 0 Å². The first-order chi connectivity index (χ1) is 11.8. The predicted molar refractivity (Wildman–Crippen MR) is 99.3 cm³/mol. The Kier molecular flexibility index (Phi) is 6.71. The van der Waals surface area contributed by atoms with Gasteiger partial charge in [-0.05, 0) is 36.0 Å². The second kappa shape index (κ2) is 8.56. The molecule has 0 radical (unpaired) electrons. The van der Waals surface area contributed by atoms with Gasteiger partial charge in [0.15, 0.2) is 0 Å². The summed E-state index contributed by atoms with van der Waals surface area (Å²) < 4.78 is 4.91. The van der Waals surface area contributed by atoms with Gasteiger partial charge in [-0.3, -0.25) is 4.79 Å². The molecule has 2 rings (SSSR count). The molecule has 1 aromatic rings. The number of nitrogens with zero attached hydrogens (tertiary/aromatic N) is 1. The lowest BCUT2D eigenvalue weighted by atomic mass is 9.86. The molecule has 0 spiro atoms. The van der Waals surface area contributed by atoms with Crippen molar-refractivity contribution >= 4 is 23.6 Å². The largest absolute Gasteiger partial charge is 0.448 e. The summed E-state index contributed by atoms with van der Waals surface area (Å²) in [5, 5.41) is 2.82. The Labute approximate surface area is 154 Å². The first-order valence-electron chi connectivity index (χ1n) is 8.70. The van der Waals surface area contributed by atoms with Crippen molar-refractivity contribution in [3.63, 3.8) is 0 Å². The smallest absolute Gasteiger partial charge is 0.407 e. The Hall–Kier alpha value is -1.75. The average molecular weight is 367 g/mol. The van der Waals surface area contributed by atoms with Crippen LogP contribution in [0.15, 0.2) is 24.3 Å². The number of carbonyl (C=O) groups excluding carboxylic acids is 2. The van der Waals surface area contributed by atoms with E-state index in [2.05, 4.69) is 26.1 Å². The highest BCUT2D eigenvalue weighted by Crippen LogP contribution is 2.23. The minimum atomic E-state index is -0.441. The average Bonchev–Trinajstić information content (AvgIpc) is 2.59. The summed E-state index contributed by atoms with van der Waals surface area (Å²) in [6.45, 7) is 7.91. The topological polar surface area (TPSA) is 58.6 Å². The number of alkyl carbamates (subject to hydrolysis) is 1. The standard InChI is InChI=1S/C19H27ClN2O3/c1-19(2,3)15-6-4-14(5-7-15)17(23)22-11-8-16(9-12-22)21-18(24)25-13-10-20/h4-7,16H,8-13H2,1-3H3,(H,21,24). The molecule has 1 aromatic carbocycles. The number of amides is 2. The SMILES string of the molecule is CC(C)(C)c1ccc(C(=O)N2CCC(NC(=O)OCCCl)CC2)cc1. The molecule has 5 nitrogen and oxygen atoms in total. The van der Waals surface area contributed by atoms with E-state index in [1.807, 2.05) is 29.2 Å². The predicted octanol–water partition coefficient (Wildman–Crippen LogP) is 3.55. The van der Waals surface area contributed by atoms with Crippen LogP contribution in [-0.4, -0.2) is 48.5 Å². The lowest BCUT2D eigenvalue weighted by Crippen LogP contribution is -2.46. The van der Waals surface area contributed by atoms with Gasteiger partial charge in [0.25, 0.3) is 5.91 Å². The molecule has 138 valence electrons. The number of piperidine rings is 1. The zero-order chi connectivity index (χ0) is 18.4. The fraction of sp³-hybridized carbons (Fsp3) is 0.579. The third-order valence-corrected chi connectivity index (χ3v) is 4.57. The van der Waals surface area contributed by atoms with Crippen molar-refractivity contribution in [2.45, 2.75) is 45.1 Å². The normalized spacial score (nSPS) is 15.8. The maximum atomic E-state index is 12.6. The van der Waals surface area contributed by atoms with E-state index in [9.17, 15) is 9.59 Å². The number of halogens is 1. The first kappa shape index (κ1) is 19.6. The molecule has 0 unspecified atom stereocenters. The minimum Gasteiger partial charge on any atom is -0.448 e. The third kappa shape index (κ3) is 5.63. The molecule has 0 aliphatic carbocycles. The molecule has 25 heavy (non-hydrogen) atoms. The summed E-state index contributed by atoms with van der Waals surface area (Å²) in [7, 11) is 0. The van der Waals surface area contributed by atoms with Crippen molar-refractivity contribution in [3.05, 3.63) is 35.4 Å². The molecule has 6 heteroatoms. The van der Waals surface area contributed by atoms with E-state index in [1.54, 1.807) is 0 Å². The van der Waals surface area contributed by atoms with Gasteiger partial charge in [-0.25, -0.2) is 4.79 Å². The number of nitrogens with one attached hydrogen (secondary N) is 1.